The summed E-state index contributed by atoms with van der Waals surface area (Å²) in [7, 11) is -4.55. The predicted octanol–water partition coefficient (Wildman–Crippen LogP) is 3.99. The number of nitrogens with two attached hydrogens (primary N) is 1. The molecule has 0 radical (unpaired) electrons. The molecule has 3 nitrogen and oxygen atoms in total. The van der Waals surface area contributed by atoms with Gasteiger partial charge in [-0.25, -0.2) is 31.1 Å². The molecule has 0 aromatic heterocycles. The summed E-state index contributed by atoms with van der Waals surface area (Å²) in [6.07, 6.45) is 1.57. The molecule has 25 heavy (non-hydrogen) atoms. The zero-order valence-corrected chi connectivity index (χ0v) is 13.6. The summed E-state index contributed by atoms with van der Waals surface area (Å²) in [4.78, 5) is -1.20. The quantitative estimate of drug-likeness (QED) is 0.830. The molecule has 0 spiro atoms. The maximum absolute atomic E-state index is 14.1. The van der Waals surface area contributed by atoms with Gasteiger partial charge in [-0.15, -0.1) is 0 Å². The fourth-order valence-electron chi connectivity index (χ4n) is 3.11. The minimum Gasteiger partial charge on any atom is -0.224 e. The summed E-state index contributed by atoms with van der Waals surface area (Å²) in [5.41, 5.74) is 1.50. The van der Waals surface area contributed by atoms with Crippen molar-refractivity contribution < 1.29 is 26.0 Å². The number of sulfonamides is 1. The third kappa shape index (κ3) is 3.45. The first-order valence-corrected chi connectivity index (χ1v) is 8.92. The number of primary sulfonamides is 1. The van der Waals surface area contributed by atoms with Crippen LogP contribution in [0.2, 0.25) is 0 Å². The number of hydrogen-bond donors (Lipinski definition) is 1. The van der Waals surface area contributed by atoms with E-state index in [9.17, 15) is 26.0 Å². The first-order chi connectivity index (χ1) is 11.7. The van der Waals surface area contributed by atoms with E-state index in [1.165, 1.54) is 0 Å². The standard InChI is InChI=1S/C17H13F4NO2S/c18-11-4-9(5-12(19)8-11)13-2-1-3-14(13)10-6-15(20)17(16(21)7-10)25(22,23)24/h4-8H,1-3H2,(H2,22,23,24). The lowest BCUT2D eigenvalue weighted by Crippen LogP contribution is -2.16. The molecule has 2 aromatic carbocycles. The molecule has 0 unspecified atom stereocenters. The van der Waals surface area contributed by atoms with Crippen LogP contribution in [0.4, 0.5) is 17.6 Å². The van der Waals surface area contributed by atoms with Gasteiger partial charge in [-0.3, -0.25) is 0 Å². The first-order valence-electron chi connectivity index (χ1n) is 7.37. The Bertz CT molecular complexity index is 956. The number of halogens is 4. The Balaban J connectivity index is 2.17. The lowest BCUT2D eigenvalue weighted by molar-refractivity contribution is 0.519. The zero-order valence-electron chi connectivity index (χ0n) is 12.8. The Labute approximate surface area is 141 Å². The molecule has 3 rings (SSSR count). The van der Waals surface area contributed by atoms with Crippen LogP contribution < -0.4 is 5.14 Å². The second-order valence-electron chi connectivity index (χ2n) is 5.78. The van der Waals surface area contributed by atoms with Crippen LogP contribution in [0.25, 0.3) is 11.1 Å². The van der Waals surface area contributed by atoms with Crippen molar-refractivity contribution in [3.05, 3.63) is 64.7 Å². The lowest BCUT2D eigenvalue weighted by atomic mass is 9.96. The van der Waals surface area contributed by atoms with Crippen molar-refractivity contribution in [1.29, 1.82) is 0 Å². The van der Waals surface area contributed by atoms with Crippen molar-refractivity contribution in [3.63, 3.8) is 0 Å². The van der Waals surface area contributed by atoms with Crippen LogP contribution in [0.15, 0.2) is 35.2 Å². The van der Waals surface area contributed by atoms with Crippen LogP contribution in [0.3, 0.4) is 0 Å². The second-order valence-corrected chi connectivity index (χ2v) is 7.28. The Kier molecular flexibility index (Phi) is 4.42. The highest BCUT2D eigenvalue weighted by Crippen LogP contribution is 2.41. The third-order valence-corrected chi connectivity index (χ3v) is 5.02. The Hall–Kier alpha value is -2.19. The van der Waals surface area contributed by atoms with E-state index < -0.39 is 38.2 Å². The molecule has 2 aromatic rings. The summed E-state index contributed by atoms with van der Waals surface area (Å²) in [6.45, 7) is 0. The van der Waals surface area contributed by atoms with Crippen molar-refractivity contribution in [3.8, 4) is 0 Å². The number of allylic oxidation sites excluding steroid dienone is 2. The predicted molar refractivity (Wildman–Crippen MR) is 84.8 cm³/mol. The monoisotopic (exact) mass is 371 g/mol. The van der Waals surface area contributed by atoms with E-state index in [1.807, 2.05) is 0 Å². The summed E-state index contributed by atoms with van der Waals surface area (Å²) in [5.74, 6) is -4.12. The van der Waals surface area contributed by atoms with Gasteiger partial charge in [0.05, 0.1) is 0 Å². The fourth-order valence-corrected chi connectivity index (χ4v) is 3.78. The van der Waals surface area contributed by atoms with E-state index in [-0.39, 0.29) is 5.56 Å². The summed E-state index contributed by atoms with van der Waals surface area (Å²) in [5, 5.41) is 4.81. The highest BCUT2D eigenvalue weighted by atomic mass is 32.2. The molecule has 0 amide bonds. The fraction of sp³-hybridized carbons (Fsp3) is 0.176. The van der Waals surface area contributed by atoms with E-state index >= 15 is 0 Å². The first kappa shape index (κ1) is 17.6. The van der Waals surface area contributed by atoms with Gasteiger partial charge in [0.25, 0.3) is 0 Å². The van der Waals surface area contributed by atoms with Crippen LogP contribution in [-0.2, 0) is 10.0 Å². The van der Waals surface area contributed by atoms with E-state index in [4.69, 9.17) is 5.14 Å². The molecule has 132 valence electrons. The Morgan fingerprint density at radius 3 is 1.64 bits per heavy atom. The molecule has 0 fully saturated rings. The molecule has 0 atom stereocenters. The van der Waals surface area contributed by atoms with Gasteiger partial charge in [-0.2, -0.15) is 0 Å². The highest BCUT2D eigenvalue weighted by Gasteiger charge is 2.25. The topological polar surface area (TPSA) is 60.2 Å². The molecule has 0 saturated carbocycles. The average molecular weight is 371 g/mol. The van der Waals surface area contributed by atoms with Gasteiger partial charge in [-0.1, -0.05) is 0 Å². The molecule has 8 heteroatoms. The molecule has 0 heterocycles. The second kappa shape index (κ2) is 6.27. The van der Waals surface area contributed by atoms with Crippen molar-refractivity contribution in [2.75, 3.05) is 0 Å². The zero-order chi connectivity index (χ0) is 18.4. The molecule has 1 aliphatic rings. The lowest BCUT2D eigenvalue weighted by Gasteiger charge is -2.11. The normalized spacial score (nSPS) is 15.1. The molecule has 0 aliphatic heterocycles. The summed E-state index contributed by atoms with van der Waals surface area (Å²) in [6, 6.07) is 4.78. The van der Waals surface area contributed by atoms with E-state index in [1.54, 1.807) is 0 Å². The maximum atomic E-state index is 14.1. The Morgan fingerprint density at radius 1 is 0.760 bits per heavy atom. The summed E-state index contributed by atoms with van der Waals surface area (Å²) >= 11 is 0. The third-order valence-electron chi connectivity index (χ3n) is 4.06. The van der Waals surface area contributed by atoms with Crippen LogP contribution in [0, 0.1) is 23.3 Å². The smallest absolute Gasteiger partial charge is 0.224 e. The van der Waals surface area contributed by atoms with Crippen molar-refractivity contribution >= 4 is 21.2 Å². The Morgan fingerprint density at radius 2 is 1.20 bits per heavy atom. The average Bonchev–Trinajstić information content (AvgIpc) is 2.93. The van der Waals surface area contributed by atoms with Crippen molar-refractivity contribution in [2.24, 2.45) is 5.14 Å². The number of rotatable bonds is 3. The molecular formula is C17H13F4NO2S. The van der Waals surface area contributed by atoms with Gasteiger partial charge >= 0.3 is 0 Å². The van der Waals surface area contributed by atoms with Gasteiger partial charge in [0.2, 0.25) is 10.0 Å². The SMILES string of the molecule is NS(=O)(=O)c1c(F)cc(C2=C(c3cc(F)cc(F)c3)CCC2)cc1F. The van der Waals surface area contributed by atoms with E-state index in [2.05, 4.69) is 0 Å². The van der Waals surface area contributed by atoms with Gasteiger partial charge in [0.15, 0.2) is 4.90 Å². The van der Waals surface area contributed by atoms with Gasteiger partial charge in [0.1, 0.15) is 23.3 Å². The number of benzene rings is 2. The largest absolute Gasteiger partial charge is 0.243 e. The molecule has 2 N–H and O–H groups in total. The molecule has 0 bridgehead atoms. The van der Waals surface area contributed by atoms with E-state index in [0.29, 0.717) is 36.0 Å². The number of hydrogen-bond acceptors (Lipinski definition) is 2. The van der Waals surface area contributed by atoms with Gasteiger partial charge in [-0.05, 0) is 65.8 Å². The van der Waals surface area contributed by atoms with Gasteiger partial charge < -0.3 is 0 Å². The highest BCUT2D eigenvalue weighted by molar-refractivity contribution is 7.89. The van der Waals surface area contributed by atoms with E-state index in [0.717, 1.165) is 30.3 Å². The van der Waals surface area contributed by atoms with Gasteiger partial charge in [0, 0.05) is 6.07 Å². The minimum absolute atomic E-state index is 0.125. The summed E-state index contributed by atoms with van der Waals surface area (Å²) < 4.78 is 77.6. The van der Waals surface area contributed by atoms with Crippen LogP contribution >= 0.6 is 0 Å². The molecular weight excluding hydrogens is 358 g/mol. The maximum Gasteiger partial charge on any atom is 0.243 e. The molecule has 1 aliphatic carbocycles. The van der Waals surface area contributed by atoms with Crippen LogP contribution in [0.1, 0.15) is 30.4 Å². The van der Waals surface area contributed by atoms with Crippen LogP contribution in [0.5, 0.6) is 0 Å². The van der Waals surface area contributed by atoms with Crippen LogP contribution in [-0.4, -0.2) is 8.42 Å². The van der Waals surface area contributed by atoms with Crippen molar-refractivity contribution in [2.45, 2.75) is 24.2 Å². The van der Waals surface area contributed by atoms with Crippen molar-refractivity contribution in [1.82, 2.24) is 0 Å². The minimum atomic E-state index is -4.55. The molecule has 0 saturated heterocycles.